The van der Waals surface area contributed by atoms with Gasteiger partial charge in [0.1, 0.15) is 0 Å². The molecule has 1 saturated carbocycles. The van der Waals surface area contributed by atoms with Crippen molar-refractivity contribution in [1.82, 2.24) is 4.90 Å². The smallest absolute Gasteiger partial charge is 0.00532 e. The minimum absolute atomic E-state index is 0.784. The van der Waals surface area contributed by atoms with Crippen molar-refractivity contribution in [2.75, 3.05) is 13.1 Å². The van der Waals surface area contributed by atoms with Crippen molar-refractivity contribution in [2.45, 2.75) is 39.2 Å². The van der Waals surface area contributed by atoms with Crippen molar-refractivity contribution in [3.63, 3.8) is 0 Å². The molecule has 58 valence electrons. The summed E-state index contributed by atoms with van der Waals surface area (Å²) in [5.41, 5.74) is 0.824. The van der Waals surface area contributed by atoms with E-state index in [-0.39, 0.29) is 0 Å². The van der Waals surface area contributed by atoms with E-state index in [0.29, 0.717) is 0 Å². The lowest BCUT2D eigenvalue weighted by Crippen LogP contribution is -2.61. The zero-order valence-electron chi connectivity index (χ0n) is 7.06. The predicted octanol–water partition coefficient (Wildman–Crippen LogP) is 1.88. The zero-order chi connectivity index (χ0) is 7.19. The third kappa shape index (κ3) is 0.800. The second-order valence-corrected chi connectivity index (χ2v) is 4.35. The fraction of sp³-hybridized carbons (Fsp3) is 1.00. The van der Waals surface area contributed by atoms with Gasteiger partial charge in [0.25, 0.3) is 0 Å². The van der Waals surface area contributed by atoms with E-state index in [9.17, 15) is 0 Å². The maximum atomic E-state index is 2.58. The van der Waals surface area contributed by atoms with Gasteiger partial charge in [0, 0.05) is 19.1 Å². The first kappa shape index (κ1) is 6.66. The topological polar surface area (TPSA) is 3.24 Å². The highest BCUT2D eigenvalue weighted by molar-refractivity contribution is 5.00. The fourth-order valence-corrected chi connectivity index (χ4v) is 2.17. The van der Waals surface area contributed by atoms with E-state index in [2.05, 4.69) is 18.7 Å². The third-order valence-corrected chi connectivity index (χ3v) is 3.22. The van der Waals surface area contributed by atoms with Crippen molar-refractivity contribution in [3.05, 3.63) is 0 Å². The van der Waals surface area contributed by atoms with Gasteiger partial charge < -0.3 is 0 Å². The molecule has 1 saturated heterocycles. The van der Waals surface area contributed by atoms with Crippen LogP contribution in [0.5, 0.6) is 0 Å². The fourth-order valence-electron chi connectivity index (χ4n) is 2.17. The molecule has 0 aromatic rings. The molecule has 1 heterocycles. The van der Waals surface area contributed by atoms with Crippen molar-refractivity contribution >= 4 is 0 Å². The maximum Gasteiger partial charge on any atom is 0.00532 e. The number of hydrogen-bond donors (Lipinski definition) is 0. The van der Waals surface area contributed by atoms with Gasteiger partial charge in [-0.05, 0) is 32.1 Å². The highest BCUT2D eigenvalue weighted by Gasteiger charge is 2.47. The molecule has 1 nitrogen and oxygen atoms in total. The molecule has 1 aliphatic carbocycles. The summed E-state index contributed by atoms with van der Waals surface area (Å²) in [6.45, 7) is 7.38. The van der Waals surface area contributed by atoms with E-state index in [4.69, 9.17) is 0 Å². The third-order valence-electron chi connectivity index (χ3n) is 3.22. The van der Waals surface area contributed by atoms with E-state index in [1.54, 1.807) is 0 Å². The zero-order valence-corrected chi connectivity index (χ0v) is 7.06. The van der Waals surface area contributed by atoms with Gasteiger partial charge in [-0.15, -0.1) is 0 Å². The van der Waals surface area contributed by atoms with Crippen LogP contribution in [0.2, 0.25) is 0 Å². The first-order valence-electron chi connectivity index (χ1n) is 4.46. The van der Waals surface area contributed by atoms with Gasteiger partial charge in [-0.1, -0.05) is 6.42 Å². The molecule has 0 unspecified atom stereocenters. The van der Waals surface area contributed by atoms with E-state index in [0.717, 1.165) is 11.5 Å². The van der Waals surface area contributed by atoms with Gasteiger partial charge in [0.15, 0.2) is 0 Å². The van der Waals surface area contributed by atoms with E-state index in [1.807, 2.05) is 0 Å². The second-order valence-electron chi connectivity index (χ2n) is 4.35. The average molecular weight is 139 g/mol. The lowest BCUT2D eigenvalue weighted by atomic mass is 9.63. The van der Waals surface area contributed by atoms with Gasteiger partial charge in [-0.3, -0.25) is 4.90 Å². The van der Waals surface area contributed by atoms with Gasteiger partial charge in [-0.25, -0.2) is 0 Å². The van der Waals surface area contributed by atoms with Gasteiger partial charge >= 0.3 is 0 Å². The lowest BCUT2D eigenvalue weighted by molar-refractivity contribution is -0.0758. The summed E-state index contributed by atoms with van der Waals surface area (Å²) in [5, 5.41) is 0. The summed E-state index contributed by atoms with van der Waals surface area (Å²) in [4.78, 5) is 2.58. The molecule has 0 radical (unpaired) electrons. The Morgan fingerprint density at radius 2 is 1.80 bits per heavy atom. The van der Waals surface area contributed by atoms with Gasteiger partial charge in [-0.2, -0.15) is 0 Å². The monoisotopic (exact) mass is 139 g/mol. The SMILES string of the molecule is CC(C)N1CC2(CCC2)C1. The molecule has 0 aromatic carbocycles. The molecule has 0 atom stereocenters. The molecular formula is C9H17N. The van der Waals surface area contributed by atoms with Crippen molar-refractivity contribution < 1.29 is 0 Å². The Kier molecular flexibility index (Phi) is 1.31. The molecule has 1 aliphatic heterocycles. The van der Waals surface area contributed by atoms with Crippen LogP contribution in [0, 0.1) is 5.41 Å². The van der Waals surface area contributed by atoms with Crippen LogP contribution in [0.25, 0.3) is 0 Å². The Balaban J connectivity index is 1.82. The molecule has 2 aliphatic rings. The van der Waals surface area contributed by atoms with Crippen LogP contribution in [-0.4, -0.2) is 24.0 Å². The maximum absolute atomic E-state index is 2.58. The molecule has 10 heavy (non-hydrogen) atoms. The molecule has 0 amide bonds. The minimum atomic E-state index is 0.784. The van der Waals surface area contributed by atoms with Crippen LogP contribution >= 0.6 is 0 Å². The highest BCUT2D eigenvalue weighted by Crippen LogP contribution is 2.48. The predicted molar refractivity (Wildman–Crippen MR) is 43.0 cm³/mol. The van der Waals surface area contributed by atoms with Gasteiger partial charge in [0.2, 0.25) is 0 Å². The molecule has 1 spiro atoms. The summed E-state index contributed by atoms with van der Waals surface area (Å²) < 4.78 is 0. The molecule has 0 N–H and O–H groups in total. The Morgan fingerprint density at radius 3 is 2.10 bits per heavy atom. The summed E-state index contributed by atoms with van der Waals surface area (Å²) in [7, 11) is 0. The molecule has 2 fully saturated rings. The first-order chi connectivity index (χ1) is 4.72. The number of likely N-dealkylation sites (tertiary alicyclic amines) is 1. The van der Waals surface area contributed by atoms with E-state index >= 15 is 0 Å². The summed E-state index contributed by atoms with van der Waals surface area (Å²) in [6.07, 6.45) is 4.51. The molecule has 0 bridgehead atoms. The van der Waals surface area contributed by atoms with Crippen LogP contribution in [-0.2, 0) is 0 Å². The van der Waals surface area contributed by atoms with Crippen molar-refractivity contribution in [1.29, 1.82) is 0 Å². The van der Waals surface area contributed by atoms with Crippen molar-refractivity contribution in [2.24, 2.45) is 5.41 Å². The number of hydrogen-bond acceptors (Lipinski definition) is 1. The number of nitrogens with zero attached hydrogens (tertiary/aromatic N) is 1. The van der Waals surface area contributed by atoms with Crippen LogP contribution < -0.4 is 0 Å². The second kappa shape index (κ2) is 1.97. The van der Waals surface area contributed by atoms with Gasteiger partial charge in [0.05, 0.1) is 0 Å². The Hall–Kier alpha value is -0.0400. The highest BCUT2D eigenvalue weighted by atomic mass is 15.2. The van der Waals surface area contributed by atoms with Crippen molar-refractivity contribution in [3.8, 4) is 0 Å². The van der Waals surface area contributed by atoms with E-state index < -0.39 is 0 Å². The Bertz CT molecular complexity index is 128. The van der Waals surface area contributed by atoms with Crippen LogP contribution in [0.15, 0.2) is 0 Å². The van der Waals surface area contributed by atoms with E-state index in [1.165, 1.54) is 32.4 Å². The standard InChI is InChI=1S/C9H17N/c1-8(2)10-6-9(7-10)4-3-5-9/h8H,3-7H2,1-2H3. The molecule has 2 rings (SSSR count). The molecular weight excluding hydrogens is 122 g/mol. The molecule has 1 heteroatoms. The van der Waals surface area contributed by atoms with Crippen LogP contribution in [0.4, 0.5) is 0 Å². The first-order valence-corrected chi connectivity index (χ1v) is 4.46. The minimum Gasteiger partial charge on any atom is -0.300 e. The number of rotatable bonds is 1. The summed E-state index contributed by atoms with van der Waals surface area (Å²) >= 11 is 0. The lowest BCUT2D eigenvalue weighted by Gasteiger charge is -2.57. The Morgan fingerprint density at radius 1 is 1.20 bits per heavy atom. The van der Waals surface area contributed by atoms with Crippen LogP contribution in [0.3, 0.4) is 0 Å². The summed E-state index contributed by atoms with van der Waals surface area (Å²) in [6, 6.07) is 0.784. The normalized spacial score (nSPS) is 30.3. The average Bonchev–Trinajstić information content (AvgIpc) is 1.54. The Labute approximate surface area is 63.4 Å². The quantitative estimate of drug-likeness (QED) is 0.536. The molecule has 0 aromatic heterocycles. The van der Waals surface area contributed by atoms with Crippen LogP contribution in [0.1, 0.15) is 33.1 Å². The largest absolute Gasteiger partial charge is 0.300 e. The summed E-state index contributed by atoms with van der Waals surface area (Å²) in [5.74, 6) is 0.